The molecule has 0 atom stereocenters. The molecule has 0 bridgehead atoms. The average Bonchev–Trinajstić information content (AvgIpc) is 3.20. The van der Waals surface area contributed by atoms with Crippen molar-refractivity contribution in [1.82, 2.24) is 0 Å². The zero-order valence-corrected chi connectivity index (χ0v) is 15.8. The first-order valence-electron chi connectivity index (χ1n) is 8.35. The highest BCUT2D eigenvalue weighted by Crippen LogP contribution is 2.51. The van der Waals surface area contributed by atoms with Gasteiger partial charge in [-0.3, -0.25) is 4.79 Å². The molecule has 0 aliphatic carbocycles. The van der Waals surface area contributed by atoms with E-state index >= 15 is 0 Å². The number of ether oxygens (including phenoxy) is 6. The maximum absolute atomic E-state index is 13.2. The summed E-state index contributed by atoms with van der Waals surface area (Å²) in [6.07, 6.45) is 1.37. The zero-order valence-electron chi connectivity index (χ0n) is 15.8. The van der Waals surface area contributed by atoms with Crippen LogP contribution in [-0.2, 0) is 0 Å². The number of benzene rings is 2. The van der Waals surface area contributed by atoms with Crippen molar-refractivity contribution in [3.8, 4) is 45.6 Å². The number of fused-ring (bicyclic) bond motifs is 2. The van der Waals surface area contributed by atoms with Gasteiger partial charge < -0.3 is 32.8 Å². The second kappa shape index (κ2) is 6.88. The summed E-state index contributed by atoms with van der Waals surface area (Å²) >= 11 is 0. The first-order chi connectivity index (χ1) is 13.6. The van der Waals surface area contributed by atoms with Gasteiger partial charge in [-0.25, -0.2) is 0 Å². The molecule has 0 fully saturated rings. The van der Waals surface area contributed by atoms with Crippen molar-refractivity contribution in [2.75, 3.05) is 35.2 Å². The fourth-order valence-electron chi connectivity index (χ4n) is 3.23. The molecule has 28 heavy (non-hydrogen) atoms. The van der Waals surface area contributed by atoms with E-state index in [0.717, 1.165) is 0 Å². The summed E-state index contributed by atoms with van der Waals surface area (Å²) in [5, 5.41) is 0.342. The smallest absolute Gasteiger partial charge is 0.231 e. The van der Waals surface area contributed by atoms with Gasteiger partial charge in [0.2, 0.25) is 23.7 Å². The van der Waals surface area contributed by atoms with Gasteiger partial charge in [0, 0.05) is 11.6 Å². The van der Waals surface area contributed by atoms with Crippen LogP contribution in [0.4, 0.5) is 0 Å². The van der Waals surface area contributed by atoms with Crippen LogP contribution in [0.3, 0.4) is 0 Å². The van der Waals surface area contributed by atoms with Crippen LogP contribution in [0.25, 0.3) is 22.1 Å². The lowest BCUT2D eigenvalue weighted by Crippen LogP contribution is -2.07. The Hall–Kier alpha value is -3.55. The highest BCUT2D eigenvalue weighted by Gasteiger charge is 2.28. The van der Waals surface area contributed by atoms with Crippen LogP contribution in [0, 0.1) is 0 Å². The largest absolute Gasteiger partial charge is 0.493 e. The predicted octanol–water partition coefficient (Wildman–Crippen LogP) is 3.22. The van der Waals surface area contributed by atoms with Crippen LogP contribution in [0.1, 0.15) is 0 Å². The standard InChI is InChI=1S/C20H18O8/c1-22-14-6-11-13(7-15(14)23-2)26-8-12(17(11)21)10-5-16-19(28-9-27-16)20(25-4)18(10)24-3/h5-8H,9H2,1-4H3. The fourth-order valence-corrected chi connectivity index (χ4v) is 3.23. The van der Waals surface area contributed by atoms with Crippen molar-refractivity contribution in [1.29, 1.82) is 0 Å². The molecule has 8 nitrogen and oxygen atoms in total. The number of rotatable bonds is 5. The van der Waals surface area contributed by atoms with Crippen molar-refractivity contribution in [3.63, 3.8) is 0 Å². The van der Waals surface area contributed by atoms with Crippen LogP contribution < -0.4 is 33.8 Å². The molecule has 2 heterocycles. The molecule has 1 aromatic heterocycles. The first kappa shape index (κ1) is 17.8. The molecule has 1 aliphatic heterocycles. The maximum Gasteiger partial charge on any atom is 0.231 e. The molecule has 0 saturated carbocycles. The Balaban J connectivity index is 2.00. The van der Waals surface area contributed by atoms with E-state index in [1.54, 1.807) is 18.2 Å². The van der Waals surface area contributed by atoms with E-state index in [1.165, 1.54) is 34.7 Å². The Morgan fingerprint density at radius 2 is 1.54 bits per heavy atom. The number of hydrogen-bond donors (Lipinski definition) is 0. The molecule has 0 spiro atoms. The summed E-state index contributed by atoms with van der Waals surface area (Å²) in [5.74, 6) is 2.47. The molecule has 8 heteroatoms. The Morgan fingerprint density at radius 1 is 0.821 bits per heavy atom. The van der Waals surface area contributed by atoms with E-state index in [2.05, 4.69) is 0 Å². The zero-order chi connectivity index (χ0) is 19.8. The Morgan fingerprint density at radius 3 is 2.21 bits per heavy atom. The molecule has 4 rings (SSSR count). The molecule has 0 unspecified atom stereocenters. The lowest BCUT2D eigenvalue weighted by Gasteiger charge is -2.15. The molecule has 1 aliphatic rings. The fraction of sp³-hybridized carbons (Fsp3) is 0.250. The van der Waals surface area contributed by atoms with E-state index in [-0.39, 0.29) is 17.8 Å². The SMILES string of the molecule is COc1cc2occ(-c3cc4c(c(OC)c3OC)OCO4)c(=O)c2cc1OC. The lowest BCUT2D eigenvalue weighted by atomic mass is 10.0. The molecule has 2 aromatic carbocycles. The van der Waals surface area contributed by atoms with E-state index in [0.29, 0.717) is 51.0 Å². The van der Waals surface area contributed by atoms with Gasteiger partial charge >= 0.3 is 0 Å². The second-order valence-electron chi connectivity index (χ2n) is 5.91. The molecule has 0 saturated heterocycles. The molecule has 0 N–H and O–H groups in total. The van der Waals surface area contributed by atoms with Gasteiger partial charge in [-0.1, -0.05) is 0 Å². The highest BCUT2D eigenvalue weighted by atomic mass is 16.7. The quantitative estimate of drug-likeness (QED) is 0.661. The molecule has 0 amide bonds. The molecule has 3 aromatic rings. The summed E-state index contributed by atoms with van der Waals surface area (Å²) in [7, 11) is 5.99. The van der Waals surface area contributed by atoms with Crippen molar-refractivity contribution in [2.45, 2.75) is 0 Å². The van der Waals surface area contributed by atoms with Gasteiger partial charge in [0.15, 0.2) is 23.0 Å². The van der Waals surface area contributed by atoms with Crippen LogP contribution in [0.15, 0.2) is 33.7 Å². The van der Waals surface area contributed by atoms with E-state index < -0.39 is 0 Å². The van der Waals surface area contributed by atoms with E-state index in [4.69, 9.17) is 32.8 Å². The lowest BCUT2D eigenvalue weighted by molar-refractivity contribution is 0.170. The van der Waals surface area contributed by atoms with Crippen molar-refractivity contribution < 1.29 is 32.8 Å². The Labute approximate surface area is 160 Å². The predicted molar refractivity (Wildman–Crippen MR) is 100 cm³/mol. The molecular weight excluding hydrogens is 368 g/mol. The third kappa shape index (κ3) is 2.57. The summed E-state index contributed by atoms with van der Waals surface area (Å²) in [6, 6.07) is 4.86. The Bertz CT molecular complexity index is 1120. The molecular formula is C20H18O8. The van der Waals surface area contributed by atoms with Crippen LogP contribution in [0.5, 0.6) is 34.5 Å². The third-order valence-electron chi connectivity index (χ3n) is 4.55. The van der Waals surface area contributed by atoms with E-state index in [1.807, 2.05) is 0 Å². The molecule has 146 valence electrons. The van der Waals surface area contributed by atoms with Crippen molar-refractivity contribution in [3.05, 3.63) is 34.7 Å². The Kier molecular flexibility index (Phi) is 4.38. The van der Waals surface area contributed by atoms with Gasteiger partial charge in [-0.05, 0) is 12.1 Å². The maximum atomic E-state index is 13.2. The number of methoxy groups -OCH3 is 4. The minimum absolute atomic E-state index is 0.0572. The van der Waals surface area contributed by atoms with Gasteiger partial charge in [0.05, 0.1) is 39.4 Å². The van der Waals surface area contributed by atoms with Crippen molar-refractivity contribution in [2.24, 2.45) is 0 Å². The normalized spacial score (nSPS) is 12.1. The van der Waals surface area contributed by atoms with Gasteiger partial charge in [0.1, 0.15) is 11.8 Å². The minimum atomic E-state index is -0.263. The van der Waals surface area contributed by atoms with Gasteiger partial charge in [0.25, 0.3) is 0 Å². The first-order valence-corrected chi connectivity index (χ1v) is 8.35. The summed E-state index contributed by atoms with van der Waals surface area (Å²) < 4.78 is 38.1. The van der Waals surface area contributed by atoms with Crippen LogP contribution in [0.2, 0.25) is 0 Å². The highest BCUT2D eigenvalue weighted by molar-refractivity contribution is 5.87. The summed E-state index contributed by atoms with van der Waals surface area (Å²) in [4.78, 5) is 13.2. The number of hydrogen-bond acceptors (Lipinski definition) is 8. The van der Waals surface area contributed by atoms with Gasteiger partial charge in [-0.2, -0.15) is 0 Å². The minimum Gasteiger partial charge on any atom is -0.493 e. The monoisotopic (exact) mass is 386 g/mol. The summed E-state index contributed by atoms with van der Waals surface area (Å²) in [6.45, 7) is 0.0572. The third-order valence-corrected chi connectivity index (χ3v) is 4.55. The topological polar surface area (TPSA) is 85.6 Å². The molecule has 0 radical (unpaired) electrons. The van der Waals surface area contributed by atoms with Gasteiger partial charge in [-0.15, -0.1) is 0 Å². The van der Waals surface area contributed by atoms with Crippen LogP contribution >= 0.6 is 0 Å². The summed E-state index contributed by atoms with van der Waals surface area (Å²) in [5.41, 5.74) is 0.863. The van der Waals surface area contributed by atoms with Crippen LogP contribution in [-0.4, -0.2) is 35.2 Å². The second-order valence-corrected chi connectivity index (χ2v) is 5.91. The average molecular weight is 386 g/mol. The van der Waals surface area contributed by atoms with Crippen molar-refractivity contribution >= 4 is 11.0 Å². The van der Waals surface area contributed by atoms with E-state index in [9.17, 15) is 4.79 Å².